The summed E-state index contributed by atoms with van der Waals surface area (Å²) in [4.78, 5) is 10.5. The topological polar surface area (TPSA) is 76.2 Å². The first kappa shape index (κ1) is 13.2. The predicted octanol–water partition coefficient (Wildman–Crippen LogP) is 3.05. The summed E-state index contributed by atoms with van der Waals surface area (Å²) in [5.74, 6) is -0.741. The van der Waals surface area contributed by atoms with Gasteiger partial charge < -0.3 is 9.52 Å². The van der Waals surface area contributed by atoms with Crippen LogP contribution in [0, 0.1) is 5.82 Å². The first-order valence-electron chi connectivity index (χ1n) is 6.37. The van der Waals surface area contributed by atoms with Crippen molar-refractivity contribution in [1.82, 2.24) is 10.2 Å². The minimum atomic E-state index is -0.929. The molecule has 0 spiro atoms. The third-order valence-corrected chi connectivity index (χ3v) is 3.12. The number of aromatic nitrogens is 2. The maximum atomic E-state index is 13.8. The second-order valence-electron chi connectivity index (χ2n) is 4.54. The van der Waals surface area contributed by atoms with E-state index in [0.717, 1.165) is 0 Å². The normalized spacial score (nSPS) is 10.9. The van der Waals surface area contributed by atoms with Gasteiger partial charge in [0, 0.05) is 17.4 Å². The number of nitrogens with zero attached hydrogens (tertiary/aromatic N) is 2. The van der Waals surface area contributed by atoms with E-state index in [0.29, 0.717) is 16.3 Å². The van der Waals surface area contributed by atoms with Crippen LogP contribution in [0.15, 0.2) is 40.8 Å². The van der Waals surface area contributed by atoms with Crippen LogP contribution in [-0.4, -0.2) is 21.3 Å². The molecule has 0 radical (unpaired) electrons. The smallest absolute Gasteiger partial charge is 0.303 e. The Morgan fingerprint density at radius 2 is 1.90 bits per heavy atom. The summed E-state index contributed by atoms with van der Waals surface area (Å²) in [6, 6.07) is 9.92. The number of hydrogen-bond donors (Lipinski definition) is 1. The third-order valence-electron chi connectivity index (χ3n) is 3.12. The Bertz CT molecular complexity index is 814. The number of carboxylic acid groups (broad SMARTS) is 1. The molecule has 6 heteroatoms. The Kier molecular flexibility index (Phi) is 3.35. The van der Waals surface area contributed by atoms with Crippen molar-refractivity contribution in [3.8, 4) is 11.5 Å². The summed E-state index contributed by atoms with van der Waals surface area (Å²) in [6.07, 6.45) is 0.0905. The van der Waals surface area contributed by atoms with Crippen LogP contribution in [0.4, 0.5) is 4.39 Å². The van der Waals surface area contributed by atoms with Gasteiger partial charge in [-0.15, -0.1) is 10.2 Å². The number of aliphatic carboxylic acids is 1. The van der Waals surface area contributed by atoms with Crippen molar-refractivity contribution in [3.63, 3.8) is 0 Å². The molecule has 5 nitrogen and oxygen atoms in total. The van der Waals surface area contributed by atoms with Crippen LogP contribution in [0.2, 0.25) is 0 Å². The van der Waals surface area contributed by atoms with E-state index < -0.39 is 5.97 Å². The molecule has 0 aliphatic rings. The van der Waals surface area contributed by atoms with Crippen molar-refractivity contribution < 1.29 is 18.7 Å². The molecule has 3 rings (SSSR count). The fourth-order valence-corrected chi connectivity index (χ4v) is 2.13. The van der Waals surface area contributed by atoms with Crippen LogP contribution < -0.4 is 0 Å². The molecule has 21 heavy (non-hydrogen) atoms. The number of carboxylic acids is 1. The average Bonchev–Trinajstić information content (AvgIpc) is 2.94. The van der Waals surface area contributed by atoms with Gasteiger partial charge in [0.15, 0.2) is 0 Å². The molecule has 1 heterocycles. The van der Waals surface area contributed by atoms with Gasteiger partial charge in [-0.25, -0.2) is 4.39 Å². The van der Waals surface area contributed by atoms with Crippen LogP contribution in [0.25, 0.3) is 22.2 Å². The lowest BCUT2D eigenvalue weighted by Gasteiger charge is -2.03. The van der Waals surface area contributed by atoms with Crippen LogP contribution in [0.5, 0.6) is 0 Å². The van der Waals surface area contributed by atoms with Crippen molar-refractivity contribution in [2.24, 2.45) is 0 Å². The van der Waals surface area contributed by atoms with Gasteiger partial charge in [-0.2, -0.15) is 0 Å². The molecular formula is C15H11FN2O3. The number of halogens is 1. The molecule has 0 aliphatic carbocycles. The lowest BCUT2D eigenvalue weighted by Crippen LogP contribution is -1.97. The van der Waals surface area contributed by atoms with E-state index >= 15 is 0 Å². The van der Waals surface area contributed by atoms with Gasteiger partial charge in [0.1, 0.15) is 5.82 Å². The number of hydrogen-bond acceptors (Lipinski definition) is 4. The molecule has 1 aromatic heterocycles. The number of rotatable bonds is 4. The van der Waals surface area contributed by atoms with Gasteiger partial charge in [-0.05, 0) is 17.5 Å². The molecule has 0 atom stereocenters. The largest absolute Gasteiger partial charge is 0.481 e. The van der Waals surface area contributed by atoms with Gasteiger partial charge in [-0.3, -0.25) is 4.79 Å². The lowest BCUT2D eigenvalue weighted by atomic mass is 10.0. The highest BCUT2D eigenvalue weighted by Crippen LogP contribution is 2.29. The number of carbonyl (C=O) groups is 1. The third kappa shape index (κ3) is 2.60. The minimum absolute atomic E-state index is 0.0776. The van der Waals surface area contributed by atoms with E-state index in [2.05, 4.69) is 10.2 Å². The van der Waals surface area contributed by atoms with Crippen LogP contribution in [0.3, 0.4) is 0 Å². The highest BCUT2D eigenvalue weighted by atomic mass is 19.1. The summed E-state index contributed by atoms with van der Waals surface area (Å²) in [6.45, 7) is 0. The van der Waals surface area contributed by atoms with Gasteiger partial charge in [0.25, 0.3) is 0 Å². The Morgan fingerprint density at radius 1 is 1.14 bits per heavy atom. The molecule has 0 saturated carbocycles. The van der Waals surface area contributed by atoms with E-state index in [1.165, 1.54) is 6.07 Å². The van der Waals surface area contributed by atoms with E-state index in [1.807, 2.05) is 0 Å². The zero-order valence-electron chi connectivity index (χ0n) is 10.9. The van der Waals surface area contributed by atoms with Gasteiger partial charge in [-0.1, -0.05) is 24.3 Å². The molecule has 0 unspecified atom stereocenters. The molecule has 3 aromatic rings. The van der Waals surface area contributed by atoms with Crippen molar-refractivity contribution in [1.29, 1.82) is 0 Å². The van der Waals surface area contributed by atoms with Crippen LogP contribution >= 0.6 is 0 Å². The first-order chi connectivity index (χ1) is 10.1. The highest BCUT2D eigenvalue weighted by molar-refractivity contribution is 5.95. The maximum Gasteiger partial charge on any atom is 0.303 e. The molecule has 0 amide bonds. The summed E-state index contributed by atoms with van der Waals surface area (Å²) >= 11 is 0. The maximum absolute atomic E-state index is 13.8. The fraction of sp³-hybridized carbons (Fsp3) is 0.133. The Labute approximate surface area is 119 Å². The summed E-state index contributed by atoms with van der Waals surface area (Å²) < 4.78 is 19.2. The number of benzene rings is 2. The van der Waals surface area contributed by atoms with Crippen molar-refractivity contribution >= 4 is 16.7 Å². The van der Waals surface area contributed by atoms with Crippen LogP contribution in [0.1, 0.15) is 12.3 Å². The molecule has 0 bridgehead atoms. The summed E-state index contributed by atoms with van der Waals surface area (Å²) in [7, 11) is 0. The Morgan fingerprint density at radius 3 is 2.67 bits per heavy atom. The molecule has 0 fully saturated rings. The monoisotopic (exact) mass is 286 g/mol. The van der Waals surface area contributed by atoms with Gasteiger partial charge in [0.05, 0.1) is 6.42 Å². The standard InChI is InChI=1S/C15H11FN2O3/c16-12-6-5-11(9-3-1-2-4-10(9)12)15-18-17-13(21-15)7-8-14(19)20/h1-6H,7-8H2,(H,19,20). The van der Waals surface area contributed by atoms with Gasteiger partial charge in [0.2, 0.25) is 11.8 Å². The molecule has 2 aromatic carbocycles. The fourth-order valence-electron chi connectivity index (χ4n) is 2.13. The Balaban J connectivity index is 2.01. The molecule has 106 valence electrons. The number of aryl methyl sites for hydroxylation is 1. The molecule has 1 N–H and O–H groups in total. The second-order valence-corrected chi connectivity index (χ2v) is 4.54. The quantitative estimate of drug-likeness (QED) is 0.797. The van der Waals surface area contributed by atoms with Crippen LogP contribution in [-0.2, 0) is 11.2 Å². The van der Waals surface area contributed by atoms with E-state index in [1.54, 1.807) is 30.3 Å². The first-order valence-corrected chi connectivity index (χ1v) is 6.37. The molecule has 0 aliphatic heterocycles. The molecular weight excluding hydrogens is 275 g/mol. The predicted molar refractivity (Wildman–Crippen MR) is 73.2 cm³/mol. The van der Waals surface area contributed by atoms with E-state index in [9.17, 15) is 9.18 Å². The van der Waals surface area contributed by atoms with E-state index in [4.69, 9.17) is 9.52 Å². The van der Waals surface area contributed by atoms with Gasteiger partial charge >= 0.3 is 5.97 Å². The summed E-state index contributed by atoms with van der Waals surface area (Å²) in [5.41, 5.74) is 0.626. The van der Waals surface area contributed by atoms with Crippen molar-refractivity contribution in [2.45, 2.75) is 12.8 Å². The zero-order valence-corrected chi connectivity index (χ0v) is 10.9. The SMILES string of the molecule is O=C(O)CCc1nnc(-c2ccc(F)c3ccccc23)o1. The second kappa shape index (κ2) is 5.32. The van der Waals surface area contributed by atoms with Crippen molar-refractivity contribution in [3.05, 3.63) is 48.1 Å². The molecule has 0 saturated heterocycles. The highest BCUT2D eigenvalue weighted by Gasteiger charge is 2.14. The van der Waals surface area contributed by atoms with Crippen molar-refractivity contribution in [2.75, 3.05) is 0 Å². The number of fused-ring (bicyclic) bond motifs is 1. The Hall–Kier alpha value is -2.76. The summed E-state index contributed by atoms with van der Waals surface area (Å²) in [5, 5.41) is 17.5. The zero-order chi connectivity index (χ0) is 14.8. The van der Waals surface area contributed by atoms with E-state index in [-0.39, 0.29) is 30.4 Å². The lowest BCUT2D eigenvalue weighted by molar-refractivity contribution is -0.137. The average molecular weight is 286 g/mol. The minimum Gasteiger partial charge on any atom is -0.481 e.